The summed E-state index contributed by atoms with van der Waals surface area (Å²) in [4.78, 5) is 0. The zero-order valence-electron chi connectivity index (χ0n) is 13.7. The van der Waals surface area contributed by atoms with Crippen molar-refractivity contribution in [3.8, 4) is 0 Å². The molecule has 0 fully saturated rings. The Kier molecular flexibility index (Phi) is 4.79. The first-order chi connectivity index (χ1) is 11.2. The average Bonchev–Trinajstić information content (AvgIpc) is 2.62. The van der Waals surface area contributed by atoms with E-state index < -0.39 is 0 Å². The molecule has 0 aromatic heterocycles. The van der Waals surface area contributed by atoms with Gasteiger partial charge in [-0.15, -0.1) is 0 Å². The zero-order chi connectivity index (χ0) is 16.2. The predicted octanol–water partition coefficient (Wildman–Crippen LogP) is 4.35. The molecule has 0 saturated heterocycles. The molecule has 2 aromatic rings. The third-order valence-electron chi connectivity index (χ3n) is 4.53. The first kappa shape index (κ1) is 15.8. The third-order valence-corrected chi connectivity index (χ3v) is 4.53. The Morgan fingerprint density at radius 3 is 2.04 bits per heavy atom. The molecule has 3 heteroatoms. The predicted molar refractivity (Wildman–Crippen MR) is 92.9 cm³/mol. The number of hydrogen-bond acceptors (Lipinski definition) is 3. The molecule has 3 N–H and O–H groups in total. The molecule has 0 aliphatic carbocycles. The highest BCUT2D eigenvalue weighted by Gasteiger charge is 2.31. The molecule has 1 aliphatic rings. The fourth-order valence-corrected chi connectivity index (χ4v) is 3.46. The lowest BCUT2D eigenvalue weighted by atomic mass is 9.82. The minimum Gasteiger partial charge on any atom is -0.299 e. The van der Waals surface area contributed by atoms with Crippen molar-refractivity contribution < 1.29 is 5.21 Å². The summed E-state index contributed by atoms with van der Waals surface area (Å²) in [5, 5.41) is 13.5. The van der Waals surface area contributed by atoms with Crippen LogP contribution < -0.4 is 10.8 Å². The molecule has 1 heterocycles. The van der Waals surface area contributed by atoms with E-state index in [-0.39, 0.29) is 12.1 Å². The molecule has 2 unspecified atom stereocenters. The average molecular weight is 308 g/mol. The van der Waals surface area contributed by atoms with E-state index in [0.717, 1.165) is 12.1 Å². The Bertz CT molecular complexity index is 665. The lowest BCUT2D eigenvalue weighted by Gasteiger charge is -2.37. The Morgan fingerprint density at radius 2 is 1.52 bits per heavy atom. The minimum absolute atomic E-state index is 0.102. The molecule has 23 heavy (non-hydrogen) atoms. The molecule has 0 spiro atoms. The van der Waals surface area contributed by atoms with Crippen LogP contribution in [0.3, 0.4) is 0 Å². The fourth-order valence-electron chi connectivity index (χ4n) is 3.46. The molecule has 3 rings (SSSR count). The van der Waals surface area contributed by atoms with Crippen LogP contribution in [0.25, 0.3) is 0 Å². The van der Waals surface area contributed by atoms with Gasteiger partial charge in [-0.2, -0.15) is 0 Å². The molecule has 0 amide bonds. The van der Waals surface area contributed by atoms with Gasteiger partial charge in [-0.3, -0.25) is 16.0 Å². The smallest absolute Gasteiger partial charge is 0.0564 e. The number of rotatable bonds is 4. The summed E-state index contributed by atoms with van der Waals surface area (Å²) in [5.41, 5.74) is 7.10. The summed E-state index contributed by atoms with van der Waals surface area (Å²) in [6.45, 7) is 4.35. The lowest BCUT2D eigenvalue weighted by molar-refractivity contribution is 0.183. The molecule has 0 bridgehead atoms. The minimum atomic E-state index is 0.102. The van der Waals surface area contributed by atoms with Gasteiger partial charge in [-0.05, 0) is 22.6 Å². The van der Waals surface area contributed by atoms with Gasteiger partial charge in [0, 0.05) is 18.2 Å². The molecule has 2 atom stereocenters. The van der Waals surface area contributed by atoms with Crippen LogP contribution in [0.4, 0.5) is 0 Å². The number of nitrogens with one attached hydrogen (secondary N) is 2. The van der Waals surface area contributed by atoms with Gasteiger partial charge in [-0.1, -0.05) is 74.5 Å². The van der Waals surface area contributed by atoms with Crippen LogP contribution in [0.2, 0.25) is 0 Å². The van der Waals surface area contributed by atoms with Gasteiger partial charge in [-0.25, -0.2) is 0 Å². The maximum absolute atomic E-state index is 9.70. The highest BCUT2D eigenvalue weighted by atomic mass is 16.5. The Balaban J connectivity index is 2.03. The van der Waals surface area contributed by atoms with Gasteiger partial charge in [0.2, 0.25) is 0 Å². The van der Waals surface area contributed by atoms with Gasteiger partial charge >= 0.3 is 0 Å². The molecule has 1 aliphatic heterocycles. The van der Waals surface area contributed by atoms with E-state index in [4.69, 9.17) is 0 Å². The fraction of sp³-hybridized carbons (Fsp3) is 0.300. The first-order valence-corrected chi connectivity index (χ1v) is 8.19. The Morgan fingerprint density at radius 1 is 0.957 bits per heavy atom. The number of benzene rings is 2. The number of hydroxylamine groups is 1. The molecule has 3 nitrogen and oxygen atoms in total. The van der Waals surface area contributed by atoms with Crippen molar-refractivity contribution in [1.29, 1.82) is 0 Å². The summed E-state index contributed by atoms with van der Waals surface area (Å²) >= 11 is 0. The largest absolute Gasteiger partial charge is 0.299 e. The molecule has 120 valence electrons. The van der Waals surface area contributed by atoms with Crippen molar-refractivity contribution in [2.75, 3.05) is 0 Å². The van der Waals surface area contributed by atoms with Crippen LogP contribution in [0.1, 0.15) is 43.5 Å². The molecule has 2 aromatic carbocycles. The van der Waals surface area contributed by atoms with Crippen LogP contribution in [0.15, 0.2) is 71.9 Å². The van der Waals surface area contributed by atoms with Crippen molar-refractivity contribution in [1.82, 2.24) is 10.8 Å². The topological polar surface area (TPSA) is 44.3 Å². The van der Waals surface area contributed by atoms with Gasteiger partial charge in [0.15, 0.2) is 0 Å². The maximum atomic E-state index is 9.70. The number of hydrogen-bond donors (Lipinski definition) is 3. The quantitative estimate of drug-likeness (QED) is 0.736. The molecular formula is C20H24N2O. The van der Waals surface area contributed by atoms with Gasteiger partial charge in [0.25, 0.3) is 0 Å². The standard InChI is InChI=1S/C20H24N2O/c1-14(2)19-18(22-23)13-17(15-9-5-3-6-10-15)21-20(19)16-11-7-4-8-12-16/h3-12,14,17,20-23H,13H2,1-2H3. The molecule has 0 saturated carbocycles. The van der Waals surface area contributed by atoms with Crippen molar-refractivity contribution in [2.24, 2.45) is 5.92 Å². The van der Waals surface area contributed by atoms with Gasteiger partial charge in [0.1, 0.15) is 0 Å². The van der Waals surface area contributed by atoms with Crippen LogP contribution in [-0.2, 0) is 0 Å². The van der Waals surface area contributed by atoms with Crippen LogP contribution >= 0.6 is 0 Å². The second-order valence-corrected chi connectivity index (χ2v) is 6.38. The highest BCUT2D eigenvalue weighted by molar-refractivity contribution is 5.36. The van der Waals surface area contributed by atoms with E-state index >= 15 is 0 Å². The second-order valence-electron chi connectivity index (χ2n) is 6.38. The molecule has 0 radical (unpaired) electrons. The monoisotopic (exact) mass is 308 g/mol. The van der Waals surface area contributed by atoms with E-state index in [9.17, 15) is 5.21 Å². The Hall–Kier alpha value is -2.10. The van der Waals surface area contributed by atoms with Gasteiger partial charge in [0.05, 0.1) is 6.04 Å². The summed E-state index contributed by atoms with van der Waals surface area (Å²) in [6.07, 6.45) is 0.761. The van der Waals surface area contributed by atoms with Crippen LogP contribution in [-0.4, -0.2) is 5.21 Å². The van der Waals surface area contributed by atoms with Crippen LogP contribution in [0.5, 0.6) is 0 Å². The normalized spacial score (nSPS) is 21.6. The van der Waals surface area contributed by atoms with E-state index in [0.29, 0.717) is 5.92 Å². The van der Waals surface area contributed by atoms with E-state index in [1.807, 2.05) is 12.1 Å². The highest BCUT2D eigenvalue weighted by Crippen LogP contribution is 2.39. The second kappa shape index (κ2) is 6.99. The summed E-state index contributed by atoms with van der Waals surface area (Å²) in [5.74, 6) is 0.346. The maximum Gasteiger partial charge on any atom is 0.0564 e. The summed E-state index contributed by atoms with van der Waals surface area (Å²) in [6, 6.07) is 21.1. The summed E-state index contributed by atoms with van der Waals surface area (Å²) < 4.78 is 0. The van der Waals surface area contributed by atoms with E-state index in [1.54, 1.807) is 0 Å². The zero-order valence-corrected chi connectivity index (χ0v) is 13.7. The van der Waals surface area contributed by atoms with E-state index in [1.165, 1.54) is 16.7 Å². The van der Waals surface area contributed by atoms with Crippen molar-refractivity contribution in [3.05, 3.63) is 83.1 Å². The molecular weight excluding hydrogens is 284 g/mol. The van der Waals surface area contributed by atoms with Crippen molar-refractivity contribution >= 4 is 0 Å². The van der Waals surface area contributed by atoms with Crippen molar-refractivity contribution in [2.45, 2.75) is 32.4 Å². The lowest BCUT2D eigenvalue weighted by Crippen LogP contribution is -2.37. The summed E-state index contributed by atoms with van der Waals surface area (Å²) in [7, 11) is 0. The third kappa shape index (κ3) is 3.31. The van der Waals surface area contributed by atoms with Crippen LogP contribution in [0, 0.1) is 5.92 Å². The van der Waals surface area contributed by atoms with Crippen molar-refractivity contribution in [3.63, 3.8) is 0 Å². The Labute approximate surface area is 138 Å². The van der Waals surface area contributed by atoms with Gasteiger partial charge < -0.3 is 0 Å². The SMILES string of the molecule is CC(C)C1=C(NO)CC(c2ccccc2)NC1c1ccccc1. The first-order valence-electron chi connectivity index (χ1n) is 8.19. The van der Waals surface area contributed by atoms with E-state index in [2.05, 4.69) is 73.2 Å².